The highest BCUT2D eigenvalue weighted by Gasteiger charge is 2.32. The Labute approximate surface area is 173 Å². The quantitative estimate of drug-likeness (QED) is 0.441. The summed E-state index contributed by atoms with van der Waals surface area (Å²) in [7, 11) is -4.29. The Morgan fingerprint density at radius 1 is 1.10 bits per heavy atom. The van der Waals surface area contributed by atoms with Crippen LogP contribution < -0.4 is 10.4 Å². The fourth-order valence-electron chi connectivity index (χ4n) is 3.06. The molecule has 0 aliphatic heterocycles. The molecule has 3 N–H and O–H groups in total. The van der Waals surface area contributed by atoms with Crippen molar-refractivity contribution in [1.29, 1.82) is 0 Å². The molecule has 160 valence electrons. The van der Waals surface area contributed by atoms with Crippen LogP contribution in [0.25, 0.3) is 22.3 Å². The zero-order valence-corrected chi connectivity index (χ0v) is 16.6. The summed E-state index contributed by atoms with van der Waals surface area (Å²) in [5.41, 5.74) is -1.30. The van der Waals surface area contributed by atoms with Gasteiger partial charge in [0.2, 0.25) is 0 Å². The maximum Gasteiger partial charge on any atom is 0.416 e. The second-order valence-corrected chi connectivity index (χ2v) is 8.42. The van der Waals surface area contributed by atoms with E-state index >= 15 is 0 Å². The van der Waals surface area contributed by atoms with Crippen LogP contribution in [-0.4, -0.2) is 28.6 Å². The van der Waals surface area contributed by atoms with Crippen LogP contribution in [0.2, 0.25) is 0 Å². The third-order valence-corrected chi connectivity index (χ3v) is 5.80. The molecule has 0 unspecified atom stereocenters. The minimum Gasteiger partial charge on any atom is -0.289 e. The monoisotopic (exact) mass is 449 g/mol. The first kappa shape index (κ1) is 20.6. The Kier molecular flexibility index (Phi) is 4.81. The first-order valence-corrected chi connectivity index (χ1v) is 10.3. The molecule has 2 heterocycles. The van der Waals surface area contributed by atoms with Gasteiger partial charge in [-0.3, -0.25) is 14.7 Å². The molecule has 31 heavy (non-hydrogen) atoms. The molecule has 0 aliphatic carbocycles. The number of aromatic nitrogens is 4. The van der Waals surface area contributed by atoms with Gasteiger partial charge in [0.15, 0.2) is 5.82 Å². The standard InChI is InChI=1S/C19H14F3N5O3S/c1-10-5-11-3-2-4-15(16(11)23-9-10)31(29,30)27-14-7-12(17-24-18(28)26-25-17)6-13(8-14)19(20,21)22/h2-9,27H,1H3,(H2,24,25,26,28). The van der Waals surface area contributed by atoms with Gasteiger partial charge in [0, 0.05) is 17.1 Å². The summed E-state index contributed by atoms with van der Waals surface area (Å²) in [6.07, 6.45) is -3.26. The summed E-state index contributed by atoms with van der Waals surface area (Å²) in [6, 6.07) is 8.82. The van der Waals surface area contributed by atoms with Gasteiger partial charge in [0.25, 0.3) is 10.0 Å². The molecule has 0 bridgehead atoms. The molecule has 2 aromatic heterocycles. The average Bonchev–Trinajstić information content (AvgIpc) is 3.12. The van der Waals surface area contributed by atoms with Crippen LogP contribution in [0.15, 0.2) is 58.4 Å². The van der Waals surface area contributed by atoms with E-state index in [1.165, 1.54) is 18.3 Å². The van der Waals surface area contributed by atoms with Crippen molar-refractivity contribution in [3.63, 3.8) is 0 Å². The van der Waals surface area contributed by atoms with E-state index in [2.05, 4.69) is 24.9 Å². The topological polar surface area (TPSA) is 121 Å². The van der Waals surface area contributed by atoms with Gasteiger partial charge in [-0.1, -0.05) is 12.1 Å². The van der Waals surface area contributed by atoms with Gasteiger partial charge in [0.1, 0.15) is 4.90 Å². The van der Waals surface area contributed by atoms with Gasteiger partial charge in [0.05, 0.1) is 16.8 Å². The molecule has 12 heteroatoms. The third-order valence-electron chi connectivity index (χ3n) is 4.39. The van der Waals surface area contributed by atoms with E-state index in [1.54, 1.807) is 19.1 Å². The minimum absolute atomic E-state index is 0.127. The molecule has 0 aliphatic rings. The van der Waals surface area contributed by atoms with E-state index < -0.39 is 27.5 Å². The normalized spacial score (nSPS) is 12.3. The largest absolute Gasteiger partial charge is 0.416 e. The predicted molar refractivity (Wildman–Crippen MR) is 107 cm³/mol. The average molecular weight is 449 g/mol. The van der Waals surface area contributed by atoms with E-state index in [0.29, 0.717) is 11.5 Å². The van der Waals surface area contributed by atoms with Crippen LogP contribution in [0.5, 0.6) is 0 Å². The number of hydrogen-bond donors (Lipinski definition) is 3. The van der Waals surface area contributed by atoms with Crippen molar-refractivity contribution in [3.05, 3.63) is 70.3 Å². The lowest BCUT2D eigenvalue weighted by atomic mass is 10.1. The summed E-state index contributed by atoms with van der Waals surface area (Å²) < 4.78 is 68.3. The van der Waals surface area contributed by atoms with Gasteiger partial charge in [-0.2, -0.15) is 18.3 Å². The lowest BCUT2D eigenvalue weighted by Crippen LogP contribution is -2.15. The second-order valence-electron chi connectivity index (χ2n) is 6.77. The summed E-state index contributed by atoms with van der Waals surface area (Å²) in [5, 5.41) is 6.23. The number of para-hydroxylation sites is 1. The van der Waals surface area contributed by atoms with Gasteiger partial charge < -0.3 is 0 Å². The molecular formula is C19H14F3N5O3S. The van der Waals surface area contributed by atoms with Crippen LogP contribution >= 0.6 is 0 Å². The number of sulfonamides is 1. The van der Waals surface area contributed by atoms with Gasteiger partial charge in [-0.25, -0.2) is 18.3 Å². The Morgan fingerprint density at radius 3 is 2.55 bits per heavy atom. The van der Waals surface area contributed by atoms with E-state index in [4.69, 9.17) is 0 Å². The van der Waals surface area contributed by atoms with Crippen LogP contribution in [0.1, 0.15) is 11.1 Å². The first-order valence-electron chi connectivity index (χ1n) is 8.78. The minimum atomic E-state index is -4.76. The third kappa shape index (κ3) is 4.14. The highest BCUT2D eigenvalue weighted by Crippen LogP contribution is 2.35. The van der Waals surface area contributed by atoms with E-state index in [9.17, 15) is 26.4 Å². The molecule has 8 nitrogen and oxygen atoms in total. The number of anilines is 1. The molecule has 0 fully saturated rings. The number of benzene rings is 2. The van der Waals surface area contributed by atoms with Gasteiger partial charge >= 0.3 is 11.9 Å². The molecule has 0 atom stereocenters. The number of aryl methyl sites for hydroxylation is 1. The fourth-order valence-corrected chi connectivity index (χ4v) is 4.28. The maximum atomic E-state index is 13.4. The van der Waals surface area contributed by atoms with Crippen molar-refractivity contribution in [1.82, 2.24) is 20.2 Å². The van der Waals surface area contributed by atoms with Crippen molar-refractivity contribution in [3.8, 4) is 11.4 Å². The number of nitrogens with zero attached hydrogens (tertiary/aromatic N) is 2. The number of pyridine rings is 1. The van der Waals surface area contributed by atoms with Gasteiger partial charge in [-0.15, -0.1) is 0 Å². The number of alkyl halides is 3. The number of aromatic amines is 2. The zero-order valence-electron chi connectivity index (χ0n) is 15.8. The van der Waals surface area contributed by atoms with E-state index in [1.807, 2.05) is 0 Å². The molecular weight excluding hydrogens is 435 g/mol. The number of hydrogen-bond acceptors (Lipinski definition) is 5. The van der Waals surface area contributed by atoms with Crippen molar-refractivity contribution >= 4 is 26.6 Å². The molecule has 0 radical (unpaired) electrons. The molecule has 0 amide bonds. The highest BCUT2D eigenvalue weighted by atomic mass is 32.2. The van der Waals surface area contributed by atoms with E-state index in [0.717, 1.165) is 17.7 Å². The first-order chi connectivity index (χ1) is 14.5. The predicted octanol–water partition coefficient (Wildman–Crippen LogP) is 3.44. The Bertz CT molecular complexity index is 1460. The molecule has 0 spiro atoms. The van der Waals surface area contributed by atoms with Crippen molar-refractivity contribution < 1.29 is 21.6 Å². The van der Waals surface area contributed by atoms with Crippen LogP contribution in [-0.2, 0) is 16.2 Å². The maximum absolute atomic E-state index is 13.4. The molecule has 4 aromatic rings. The number of H-pyrrole nitrogens is 2. The molecule has 2 aromatic carbocycles. The molecule has 0 saturated heterocycles. The zero-order chi connectivity index (χ0) is 22.4. The SMILES string of the molecule is Cc1cnc2c(S(=O)(=O)Nc3cc(-c4n[nH]c(=O)[nH]4)cc(C(F)(F)F)c3)cccc2c1. The fraction of sp³-hybridized carbons (Fsp3) is 0.105. The van der Waals surface area contributed by atoms with Gasteiger partial charge in [-0.05, 0) is 42.8 Å². The van der Waals surface area contributed by atoms with Crippen LogP contribution in [0.4, 0.5) is 18.9 Å². The van der Waals surface area contributed by atoms with Crippen molar-refractivity contribution in [2.24, 2.45) is 0 Å². The Hall–Kier alpha value is -3.67. The Morgan fingerprint density at radius 2 is 1.87 bits per heavy atom. The summed E-state index contributed by atoms with van der Waals surface area (Å²) in [5.74, 6) is -0.168. The summed E-state index contributed by atoms with van der Waals surface area (Å²) in [4.78, 5) is 17.5. The number of nitrogens with one attached hydrogen (secondary N) is 3. The summed E-state index contributed by atoms with van der Waals surface area (Å²) >= 11 is 0. The number of fused-ring (bicyclic) bond motifs is 1. The highest BCUT2D eigenvalue weighted by molar-refractivity contribution is 7.93. The molecule has 4 rings (SSSR count). The molecule has 0 saturated carbocycles. The summed E-state index contributed by atoms with van der Waals surface area (Å²) in [6.45, 7) is 1.80. The van der Waals surface area contributed by atoms with Crippen molar-refractivity contribution in [2.45, 2.75) is 18.0 Å². The smallest absolute Gasteiger partial charge is 0.289 e. The van der Waals surface area contributed by atoms with Crippen molar-refractivity contribution in [2.75, 3.05) is 4.72 Å². The van der Waals surface area contributed by atoms with Crippen LogP contribution in [0, 0.1) is 6.92 Å². The second kappa shape index (κ2) is 7.23. The van der Waals surface area contributed by atoms with Crippen LogP contribution in [0.3, 0.4) is 0 Å². The lowest BCUT2D eigenvalue weighted by Gasteiger charge is -2.14. The number of halogens is 3. The van der Waals surface area contributed by atoms with E-state index in [-0.39, 0.29) is 27.5 Å². The lowest BCUT2D eigenvalue weighted by molar-refractivity contribution is -0.137. The number of rotatable bonds is 4. The Balaban J connectivity index is 1.82.